The van der Waals surface area contributed by atoms with Gasteiger partial charge in [-0.15, -0.1) is 5.10 Å². The summed E-state index contributed by atoms with van der Waals surface area (Å²) in [4.78, 5) is 10.7. The number of methoxy groups -OCH3 is 1. The van der Waals surface area contributed by atoms with Crippen molar-refractivity contribution >= 4 is 0 Å². The van der Waals surface area contributed by atoms with Crippen LogP contribution in [0.5, 0.6) is 11.5 Å². The van der Waals surface area contributed by atoms with Crippen LogP contribution in [0.15, 0.2) is 27.4 Å². The molecule has 15 heavy (non-hydrogen) atoms. The lowest BCUT2D eigenvalue weighted by atomic mass is 10.2. The maximum absolute atomic E-state index is 10.7. The van der Waals surface area contributed by atoms with E-state index in [0.29, 0.717) is 11.3 Å². The highest BCUT2D eigenvalue weighted by Gasteiger charge is 2.11. The zero-order chi connectivity index (χ0) is 10.8. The minimum atomic E-state index is -0.674. The van der Waals surface area contributed by atoms with E-state index in [1.807, 2.05) is 0 Å². The smallest absolute Gasteiger partial charge is 0.434 e. The molecule has 6 nitrogen and oxygen atoms in total. The highest BCUT2D eigenvalue weighted by atomic mass is 16.5. The van der Waals surface area contributed by atoms with Crippen LogP contribution < -0.4 is 10.5 Å². The third kappa shape index (κ3) is 1.69. The predicted octanol–water partition coefficient (Wildman–Crippen LogP) is 0.744. The molecule has 2 aromatic rings. The van der Waals surface area contributed by atoms with Gasteiger partial charge in [0.2, 0.25) is 0 Å². The molecule has 0 unspecified atom stereocenters. The van der Waals surface area contributed by atoms with Gasteiger partial charge in [-0.05, 0) is 18.2 Å². The van der Waals surface area contributed by atoms with Crippen molar-refractivity contribution in [2.45, 2.75) is 0 Å². The number of nitrogens with one attached hydrogen (secondary N) is 1. The number of H-pyrrole nitrogens is 1. The van der Waals surface area contributed by atoms with Gasteiger partial charge in [-0.2, -0.15) is 0 Å². The van der Waals surface area contributed by atoms with Crippen LogP contribution in [0.2, 0.25) is 0 Å². The first-order valence-electron chi connectivity index (χ1n) is 4.13. The van der Waals surface area contributed by atoms with E-state index in [1.165, 1.54) is 19.2 Å². The second-order valence-corrected chi connectivity index (χ2v) is 2.80. The number of aromatic hydroxyl groups is 1. The largest absolute Gasteiger partial charge is 0.507 e. The number of ether oxygens (including phenoxy) is 1. The molecule has 0 aliphatic rings. The Morgan fingerprint density at radius 1 is 1.53 bits per heavy atom. The van der Waals surface area contributed by atoms with E-state index in [1.54, 1.807) is 6.07 Å². The summed E-state index contributed by atoms with van der Waals surface area (Å²) in [6, 6.07) is 4.54. The van der Waals surface area contributed by atoms with Gasteiger partial charge in [0.15, 0.2) is 0 Å². The molecule has 0 aliphatic heterocycles. The molecule has 2 rings (SSSR count). The maximum Gasteiger partial charge on any atom is 0.434 e. The Hall–Kier alpha value is -2.24. The van der Waals surface area contributed by atoms with Crippen molar-refractivity contribution in [3.05, 3.63) is 28.7 Å². The van der Waals surface area contributed by atoms with Gasteiger partial charge >= 0.3 is 5.76 Å². The Morgan fingerprint density at radius 3 is 2.93 bits per heavy atom. The van der Waals surface area contributed by atoms with Gasteiger partial charge in [-0.3, -0.25) is 0 Å². The van der Waals surface area contributed by atoms with Gasteiger partial charge in [0.25, 0.3) is 5.89 Å². The molecule has 0 saturated carbocycles. The molecule has 6 heteroatoms. The Morgan fingerprint density at radius 2 is 2.33 bits per heavy atom. The number of phenols is 1. The van der Waals surface area contributed by atoms with Crippen LogP contribution in [0.4, 0.5) is 0 Å². The molecule has 0 bridgehead atoms. The minimum absolute atomic E-state index is 0.0244. The van der Waals surface area contributed by atoms with Crippen molar-refractivity contribution in [1.82, 2.24) is 10.2 Å². The molecule has 1 heterocycles. The highest BCUT2D eigenvalue weighted by Crippen LogP contribution is 2.30. The van der Waals surface area contributed by atoms with Gasteiger partial charge in [0.05, 0.1) is 12.7 Å². The first-order valence-corrected chi connectivity index (χ1v) is 4.13. The fourth-order valence-electron chi connectivity index (χ4n) is 1.16. The van der Waals surface area contributed by atoms with Crippen molar-refractivity contribution in [1.29, 1.82) is 0 Å². The molecule has 0 saturated heterocycles. The first kappa shape index (κ1) is 9.32. The second-order valence-electron chi connectivity index (χ2n) is 2.80. The first-order chi connectivity index (χ1) is 7.20. The van der Waals surface area contributed by atoms with E-state index in [-0.39, 0.29) is 11.6 Å². The average Bonchev–Trinajstić information content (AvgIpc) is 2.65. The Balaban J connectivity index is 2.56. The van der Waals surface area contributed by atoms with Crippen LogP contribution in [0, 0.1) is 0 Å². The molecule has 0 radical (unpaired) electrons. The normalized spacial score (nSPS) is 10.2. The topological polar surface area (TPSA) is 88.4 Å². The fourth-order valence-corrected chi connectivity index (χ4v) is 1.16. The van der Waals surface area contributed by atoms with Crippen LogP contribution in [0.25, 0.3) is 11.5 Å². The number of phenolic OH excluding ortho intramolecular Hbond substituents is 1. The molecule has 0 fully saturated rings. The molecule has 0 aliphatic carbocycles. The number of hydrogen-bond donors (Lipinski definition) is 2. The number of rotatable bonds is 2. The number of aromatic nitrogens is 2. The van der Waals surface area contributed by atoms with Gasteiger partial charge in [0.1, 0.15) is 11.5 Å². The molecule has 0 amide bonds. The van der Waals surface area contributed by atoms with Crippen LogP contribution in [-0.2, 0) is 0 Å². The summed E-state index contributed by atoms with van der Waals surface area (Å²) in [6.07, 6.45) is 0. The molecule has 2 N–H and O–H groups in total. The van der Waals surface area contributed by atoms with Crippen molar-refractivity contribution in [2.24, 2.45) is 0 Å². The lowest BCUT2D eigenvalue weighted by Gasteiger charge is -2.02. The van der Waals surface area contributed by atoms with Gasteiger partial charge in [-0.1, -0.05) is 0 Å². The summed E-state index contributed by atoms with van der Waals surface area (Å²) < 4.78 is 9.68. The fraction of sp³-hybridized carbons (Fsp3) is 0.111. The van der Waals surface area contributed by atoms with Crippen LogP contribution >= 0.6 is 0 Å². The summed E-state index contributed by atoms with van der Waals surface area (Å²) in [5, 5.41) is 15.2. The van der Waals surface area contributed by atoms with Crippen LogP contribution in [-0.4, -0.2) is 22.4 Å². The summed E-state index contributed by atoms with van der Waals surface area (Å²) >= 11 is 0. The van der Waals surface area contributed by atoms with Crippen molar-refractivity contribution < 1.29 is 14.3 Å². The summed E-state index contributed by atoms with van der Waals surface area (Å²) in [6.45, 7) is 0. The van der Waals surface area contributed by atoms with Crippen molar-refractivity contribution in [2.75, 3.05) is 7.11 Å². The molecular weight excluding hydrogens is 200 g/mol. The predicted molar refractivity (Wildman–Crippen MR) is 50.8 cm³/mol. The van der Waals surface area contributed by atoms with Gasteiger partial charge < -0.3 is 14.3 Å². The Labute approximate surface area is 84.1 Å². The standard InChI is InChI=1S/C9H8N2O4/c1-14-5-2-3-7(12)6(4-5)8-10-11-9(13)15-8/h2-4,12H,1H3,(H,11,13). The number of benzene rings is 1. The van der Waals surface area contributed by atoms with Gasteiger partial charge in [0, 0.05) is 0 Å². The van der Waals surface area contributed by atoms with E-state index >= 15 is 0 Å². The quantitative estimate of drug-likeness (QED) is 0.760. The third-order valence-electron chi connectivity index (χ3n) is 1.87. The molecular formula is C9H8N2O4. The molecule has 0 atom stereocenters. The summed E-state index contributed by atoms with van der Waals surface area (Å²) in [5.74, 6) is -0.150. The molecule has 78 valence electrons. The van der Waals surface area contributed by atoms with Crippen molar-refractivity contribution in [3.8, 4) is 23.0 Å². The summed E-state index contributed by atoms with van der Waals surface area (Å²) in [7, 11) is 1.50. The third-order valence-corrected chi connectivity index (χ3v) is 1.87. The molecule has 1 aromatic carbocycles. The highest BCUT2D eigenvalue weighted by molar-refractivity contribution is 5.64. The minimum Gasteiger partial charge on any atom is -0.507 e. The number of hydrogen-bond acceptors (Lipinski definition) is 5. The SMILES string of the molecule is COc1ccc(O)c(-c2n[nH]c(=O)o2)c1. The van der Waals surface area contributed by atoms with E-state index in [0.717, 1.165) is 0 Å². The van der Waals surface area contributed by atoms with Crippen LogP contribution in [0.3, 0.4) is 0 Å². The van der Waals surface area contributed by atoms with E-state index in [2.05, 4.69) is 10.2 Å². The Kier molecular flexibility index (Phi) is 2.17. The zero-order valence-corrected chi connectivity index (χ0v) is 7.85. The number of nitrogens with zero attached hydrogens (tertiary/aromatic N) is 1. The lowest BCUT2D eigenvalue weighted by Crippen LogP contribution is -1.93. The monoisotopic (exact) mass is 208 g/mol. The van der Waals surface area contributed by atoms with E-state index < -0.39 is 5.76 Å². The van der Waals surface area contributed by atoms with Crippen molar-refractivity contribution in [3.63, 3.8) is 0 Å². The van der Waals surface area contributed by atoms with E-state index in [9.17, 15) is 9.90 Å². The lowest BCUT2D eigenvalue weighted by molar-refractivity contribution is 0.412. The Bertz CT molecular complexity index is 529. The molecule has 0 spiro atoms. The second kappa shape index (κ2) is 3.49. The zero-order valence-electron chi connectivity index (χ0n) is 7.85. The molecule has 1 aromatic heterocycles. The van der Waals surface area contributed by atoms with E-state index in [4.69, 9.17) is 9.15 Å². The van der Waals surface area contributed by atoms with Crippen LogP contribution in [0.1, 0.15) is 0 Å². The average molecular weight is 208 g/mol. The maximum atomic E-state index is 10.7. The number of aromatic amines is 1. The van der Waals surface area contributed by atoms with Gasteiger partial charge in [-0.25, -0.2) is 9.89 Å². The summed E-state index contributed by atoms with van der Waals surface area (Å²) in [5.41, 5.74) is 0.299.